The van der Waals surface area contributed by atoms with Gasteiger partial charge >= 0.3 is 0 Å². The van der Waals surface area contributed by atoms with E-state index in [0.29, 0.717) is 5.75 Å². The van der Waals surface area contributed by atoms with Crippen LogP contribution in [0.15, 0.2) is 24.5 Å². The monoisotopic (exact) mass is 227 g/mol. The molecule has 0 spiro atoms. The summed E-state index contributed by atoms with van der Waals surface area (Å²) in [5, 5.41) is 18.8. The Balaban J connectivity index is 2.46. The molecule has 0 aliphatic rings. The zero-order chi connectivity index (χ0) is 12.0. The molecule has 1 aromatic heterocycles. The first-order chi connectivity index (χ1) is 7.65. The summed E-state index contributed by atoms with van der Waals surface area (Å²) in [6.45, 7) is 1.68. The van der Waals surface area contributed by atoms with Crippen molar-refractivity contribution in [2.45, 2.75) is 25.2 Å². The number of nitrogens with zero attached hydrogens (tertiary/aromatic N) is 1. The lowest BCUT2D eigenvalue weighted by atomic mass is 10.1. The standard InChI is InChI=1S/C11H17NO4/c1-8(13)11(14)10(15-2)7-16-9-3-5-12-6-4-9/h3-6,8,10-11,13-14H,7H2,1-2H3. The fraction of sp³-hybridized carbons (Fsp3) is 0.545. The van der Waals surface area contributed by atoms with Crippen LogP contribution in [0.1, 0.15) is 6.92 Å². The molecule has 1 aromatic rings. The third kappa shape index (κ3) is 3.77. The maximum atomic E-state index is 9.60. The van der Waals surface area contributed by atoms with Gasteiger partial charge in [0.25, 0.3) is 0 Å². The number of hydrogen-bond donors (Lipinski definition) is 2. The highest BCUT2D eigenvalue weighted by Crippen LogP contribution is 2.10. The molecule has 0 saturated carbocycles. The summed E-state index contributed by atoms with van der Waals surface area (Å²) in [7, 11) is 1.46. The van der Waals surface area contributed by atoms with E-state index < -0.39 is 18.3 Å². The average Bonchev–Trinajstić information content (AvgIpc) is 2.30. The molecule has 0 aromatic carbocycles. The van der Waals surface area contributed by atoms with E-state index in [0.717, 1.165) is 0 Å². The fourth-order valence-corrected chi connectivity index (χ4v) is 1.23. The SMILES string of the molecule is COC(COc1ccncc1)C(O)C(C)O. The second-order valence-corrected chi connectivity index (χ2v) is 3.50. The van der Waals surface area contributed by atoms with Crippen LogP contribution < -0.4 is 4.74 Å². The minimum Gasteiger partial charge on any atom is -0.491 e. The number of pyridine rings is 1. The Bertz CT molecular complexity index is 291. The molecular formula is C11H17NO4. The Labute approximate surface area is 94.7 Å². The van der Waals surface area contributed by atoms with Crippen LogP contribution in [-0.4, -0.2) is 47.2 Å². The number of hydrogen-bond acceptors (Lipinski definition) is 5. The molecule has 0 bridgehead atoms. The molecule has 90 valence electrons. The van der Waals surface area contributed by atoms with Crippen molar-refractivity contribution in [2.24, 2.45) is 0 Å². The van der Waals surface area contributed by atoms with Gasteiger partial charge in [0.05, 0.1) is 6.10 Å². The molecule has 16 heavy (non-hydrogen) atoms. The van der Waals surface area contributed by atoms with Crippen LogP contribution in [0.2, 0.25) is 0 Å². The van der Waals surface area contributed by atoms with Crippen LogP contribution in [0.4, 0.5) is 0 Å². The van der Waals surface area contributed by atoms with Gasteiger partial charge in [0, 0.05) is 19.5 Å². The molecule has 2 N–H and O–H groups in total. The summed E-state index contributed by atoms with van der Waals surface area (Å²) in [6, 6.07) is 3.42. The van der Waals surface area contributed by atoms with Gasteiger partial charge in [0.1, 0.15) is 24.6 Å². The lowest BCUT2D eigenvalue weighted by molar-refractivity contribution is -0.0833. The Kier molecular flexibility index (Phi) is 5.18. The molecule has 1 rings (SSSR count). The molecule has 5 nitrogen and oxygen atoms in total. The highest BCUT2D eigenvalue weighted by Gasteiger charge is 2.23. The van der Waals surface area contributed by atoms with Crippen molar-refractivity contribution in [3.63, 3.8) is 0 Å². The first-order valence-electron chi connectivity index (χ1n) is 5.07. The summed E-state index contributed by atoms with van der Waals surface area (Å²) in [5.41, 5.74) is 0. The molecule has 3 unspecified atom stereocenters. The lowest BCUT2D eigenvalue weighted by Gasteiger charge is -2.23. The Morgan fingerprint density at radius 3 is 2.44 bits per heavy atom. The van der Waals surface area contributed by atoms with Crippen LogP contribution >= 0.6 is 0 Å². The van der Waals surface area contributed by atoms with Gasteiger partial charge in [0.2, 0.25) is 0 Å². The van der Waals surface area contributed by atoms with E-state index in [1.165, 1.54) is 14.0 Å². The lowest BCUT2D eigenvalue weighted by Crippen LogP contribution is -2.40. The first kappa shape index (κ1) is 12.9. The maximum Gasteiger partial charge on any atom is 0.122 e. The number of ether oxygens (including phenoxy) is 2. The zero-order valence-corrected chi connectivity index (χ0v) is 9.41. The Morgan fingerprint density at radius 1 is 1.31 bits per heavy atom. The molecule has 0 aliphatic carbocycles. The van der Waals surface area contributed by atoms with Crippen molar-refractivity contribution < 1.29 is 19.7 Å². The van der Waals surface area contributed by atoms with Gasteiger partial charge in [-0.2, -0.15) is 0 Å². The summed E-state index contributed by atoms with van der Waals surface area (Å²) in [5.74, 6) is 0.648. The van der Waals surface area contributed by atoms with E-state index in [2.05, 4.69) is 4.98 Å². The Morgan fingerprint density at radius 2 is 1.94 bits per heavy atom. The van der Waals surface area contributed by atoms with Crippen molar-refractivity contribution in [3.8, 4) is 5.75 Å². The minimum absolute atomic E-state index is 0.173. The van der Waals surface area contributed by atoms with E-state index in [9.17, 15) is 10.2 Å². The number of aliphatic hydroxyl groups is 2. The Hall–Kier alpha value is -1.17. The van der Waals surface area contributed by atoms with Crippen LogP contribution in [0.25, 0.3) is 0 Å². The van der Waals surface area contributed by atoms with Gasteiger partial charge in [-0.05, 0) is 19.1 Å². The van der Waals surface area contributed by atoms with Crippen LogP contribution in [-0.2, 0) is 4.74 Å². The average molecular weight is 227 g/mol. The first-order valence-corrected chi connectivity index (χ1v) is 5.07. The fourth-order valence-electron chi connectivity index (χ4n) is 1.23. The second kappa shape index (κ2) is 6.42. The number of aromatic nitrogens is 1. The number of rotatable bonds is 6. The smallest absolute Gasteiger partial charge is 0.122 e. The third-order valence-corrected chi connectivity index (χ3v) is 2.24. The second-order valence-electron chi connectivity index (χ2n) is 3.50. The van der Waals surface area contributed by atoms with Gasteiger partial charge in [-0.15, -0.1) is 0 Å². The van der Waals surface area contributed by atoms with Crippen molar-refractivity contribution in [1.29, 1.82) is 0 Å². The molecule has 1 heterocycles. The minimum atomic E-state index is -0.966. The largest absolute Gasteiger partial charge is 0.491 e. The summed E-state index contributed by atoms with van der Waals surface area (Å²) in [4.78, 5) is 3.86. The van der Waals surface area contributed by atoms with Crippen LogP contribution in [0.5, 0.6) is 5.75 Å². The van der Waals surface area contributed by atoms with Gasteiger partial charge in [-0.1, -0.05) is 0 Å². The summed E-state index contributed by atoms with van der Waals surface area (Å²) >= 11 is 0. The van der Waals surface area contributed by atoms with E-state index in [1.807, 2.05) is 0 Å². The predicted octanol–water partition coefficient (Wildman–Crippen LogP) is 0.217. The van der Waals surface area contributed by atoms with Gasteiger partial charge < -0.3 is 19.7 Å². The molecule has 5 heteroatoms. The maximum absolute atomic E-state index is 9.60. The van der Waals surface area contributed by atoms with E-state index in [1.54, 1.807) is 24.5 Å². The van der Waals surface area contributed by atoms with E-state index in [-0.39, 0.29) is 6.61 Å². The molecule has 0 aliphatic heterocycles. The predicted molar refractivity (Wildman–Crippen MR) is 58.2 cm³/mol. The molecule has 0 fully saturated rings. The zero-order valence-electron chi connectivity index (χ0n) is 9.41. The normalized spacial score (nSPS) is 16.5. The quantitative estimate of drug-likeness (QED) is 0.727. The van der Waals surface area contributed by atoms with Crippen molar-refractivity contribution in [2.75, 3.05) is 13.7 Å². The van der Waals surface area contributed by atoms with Gasteiger partial charge in [-0.25, -0.2) is 0 Å². The van der Waals surface area contributed by atoms with Gasteiger partial charge in [-0.3, -0.25) is 4.98 Å². The van der Waals surface area contributed by atoms with Crippen molar-refractivity contribution in [1.82, 2.24) is 4.98 Å². The molecular weight excluding hydrogens is 210 g/mol. The third-order valence-electron chi connectivity index (χ3n) is 2.24. The highest BCUT2D eigenvalue weighted by molar-refractivity contribution is 5.16. The van der Waals surface area contributed by atoms with Crippen LogP contribution in [0, 0.1) is 0 Å². The number of methoxy groups -OCH3 is 1. The molecule has 0 amide bonds. The topological polar surface area (TPSA) is 71.8 Å². The van der Waals surface area contributed by atoms with Gasteiger partial charge in [0.15, 0.2) is 0 Å². The number of aliphatic hydroxyl groups excluding tert-OH is 2. The van der Waals surface area contributed by atoms with E-state index in [4.69, 9.17) is 9.47 Å². The van der Waals surface area contributed by atoms with Crippen molar-refractivity contribution in [3.05, 3.63) is 24.5 Å². The summed E-state index contributed by atoms with van der Waals surface area (Å²) in [6.07, 6.45) is 0.843. The highest BCUT2D eigenvalue weighted by atomic mass is 16.5. The summed E-state index contributed by atoms with van der Waals surface area (Å²) < 4.78 is 10.4. The molecule has 0 saturated heterocycles. The molecule has 0 radical (unpaired) electrons. The van der Waals surface area contributed by atoms with E-state index >= 15 is 0 Å². The van der Waals surface area contributed by atoms with Crippen LogP contribution in [0.3, 0.4) is 0 Å². The van der Waals surface area contributed by atoms with Crippen molar-refractivity contribution >= 4 is 0 Å². The molecule has 3 atom stereocenters.